The monoisotopic (exact) mass is 379 g/mol. The van der Waals surface area contributed by atoms with E-state index in [0.29, 0.717) is 10.6 Å². The highest BCUT2D eigenvalue weighted by atomic mass is 35.5. The highest BCUT2D eigenvalue weighted by Crippen LogP contribution is 2.21. The molecule has 2 rings (SSSR count). The van der Waals surface area contributed by atoms with Crippen LogP contribution in [0.4, 0.5) is 0 Å². The molecule has 0 fully saturated rings. The molecule has 0 heterocycles. The van der Waals surface area contributed by atoms with Gasteiger partial charge in [-0.25, -0.2) is 0 Å². The van der Waals surface area contributed by atoms with Crippen molar-refractivity contribution in [3.8, 4) is 0 Å². The smallest absolute Gasteiger partial charge is 0.325 e. The van der Waals surface area contributed by atoms with Crippen LogP contribution in [0.1, 0.15) is 26.3 Å². The van der Waals surface area contributed by atoms with E-state index in [2.05, 4.69) is 5.32 Å². The summed E-state index contributed by atoms with van der Waals surface area (Å²) in [5.74, 6) is -1.60. The number of Topliss-reactive ketones (excluding diaryl/α,β-unsaturated/α-hetero) is 1. The van der Waals surface area contributed by atoms with Crippen molar-refractivity contribution in [1.29, 1.82) is 0 Å². The van der Waals surface area contributed by atoms with Crippen molar-refractivity contribution >= 4 is 40.9 Å². The molecule has 7 heteroatoms. The zero-order valence-electron chi connectivity index (χ0n) is 13.3. The highest BCUT2D eigenvalue weighted by molar-refractivity contribution is 6.36. The van der Waals surface area contributed by atoms with Gasteiger partial charge in [-0.2, -0.15) is 0 Å². The molecule has 25 heavy (non-hydrogen) atoms. The Hall–Kier alpha value is -2.37. The molecule has 5 nitrogen and oxygen atoms in total. The maximum Gasteiger partial charge on any atom is 0.325 e. The Morgan fingerprint density at radius 3 is 2.48 bits per heavy atom. The first-order valence-electron chi connectivity index (χ1n) is 7.36. The zero-order valence-corrected chi connectivity index (χ0v) is 14.9. The number of esters is 1. The van der Waals surface area contributed by atoms with Crippen molar-refractivity contribution in [2.24, 2.45) is 0 Å². The molecule has 2 aromatic rings. The van der Waals surface area contributed by atoms with E-state index in [1.165, 1.54) is 12.1 Å². The van der Waals surface area contributed by atoms with E-state index in [1.54, 1.807) is 31.2 Å². The summed E-state index contributed by atoms with van der Waals surface area (Å²) in [5, 5.41) is 3.02. The number of halogens is 2. The third kappa shape index (κ3) is 5.31. The maximum atomic E-state index is 12.0. The first kappa shape index (κ1) is 19.0. The van der Waals surface area contributed by atoms with Gasteiger partial charge in [0.15, 0.2) is 6.61 Å². The molecule has 0 aliphatic carbocycles. The molecule has 0 spiro atoms. The first-order chi connectivity index (χ1) is 11.9. The summed E-state index contributed by atoms with van der Waals surface area (Å²) >= 11 is 11.7. The second-order valence-electron chi connectivity index (χ2n) is 5.21. The van der Waals surface area contributed by atoms with Crippen LogP contribution in [0.2, 0.25) is 10.0 Å². The van der Waals surface area contributed by atoms with Gasteiger partial charge in [0.2, 0.25) is 5.78 Å². The lowest BCUT2D eigenvalue weighted by molar-refractivity contribution is -0.141. The molecule has 0 unspecified atom stereocenters. The number of nitrogens with one attached hydrogen (secondary N) is 1. The van der Waals surface area contributed by atoms with E-state index in [0.717, 1.165) is 5.56 Å². The van der Waals surface area contributed by atoms with Gasteiger partial charge in [0.1, 0.15) is 6.54 Å². The summed E-state index contributed by atoms with van der Waals surface area (Å²) in [5.41, 5.74) is 1.43. The summed E-state index contributed by atoms with van der Waals surface area (Å²) in [7, 11) is 0. The van der Waals surface area contributed by atoms with Crippen molar-refractivity contribution in [2.45, 2.75) is 6.92 Å². The van der Waals surface area contributed by atoms with Crippen molar-refractivity contribution in [2.75, 3.05) is 13.2 Å². The van der Waals surface area contributed by atoms with Gasteiger partial charge in [-0.05, 0) is 36.8 Å². The quantitative estimate of drug-likeness (QED) is 0.616. The number of aryl methyl sites for hydroxylation is 1. The summed E-state index contributed by atoms with van der Waals surface area (Å²) in [6, 6.07) is 11.4. The van der Waals surface area contributed by atoms with E-state index >= 15 is 0 Å². The van der Waals surface area contributed by atoms with Gasteiger partial charge >= 0.3 is 5.97 Å². The number of ketones is 1. The Balaban J connectivity index is 1.85. The Morgan fingerprint density at radius 1 is 1.04 bits per heavy atom. The number of amides is 1. The molecule has 0 saturated carbocycles. The SMILES string of the molecule is Cc1ccccc1C(=O)NCC(=O)OCC(=O)c1cc(Cl)ccc1Cl. The molecule has 0 aliphatic heterocycles. The van der Waals surface area contributed by atoms with Crippen LogP contribution in [0.5, 0.6) is 0 Å². The lowest BCUT2D eigenvalue weighted by Crippen LogP contribution is -2.31. The Kier molecular flexibility index (Phi) is 6.56. The van der Waals surface area contributed by atoms with Crippen LogP contribution in [-0.2, 0) is 9.53 Å². The standard InChI is InChI=1S/C18H15Cl2NO4/c1-11-4-2-3-5-13(11)18(24)21-9-17(23)25-10-16(22)14-8-12(19)6-7-15(14)20/h2-8H,9-10H2,1H3,(H,21,24). The van der Waals surface area contributed by atoms with Crippen LogP contribution < -0.4 is 5.32 Å². The van der Waals surface area contributed by atoms with Gasteiger partial charge in [-0.1, -0.05) is 41.4 Å². The molecule has 130 valence electrons. The fourth-order valence-corrected chi connectivity index (χ4v) is 2.46. The second-order valence-corrected chi connectivity index (χ2v) is 6.05. The Bertz CT molecular complexity index is 820. The lowest BCUT2D eigenvalue weighted by atomic mass is 10.1. The normalized spacial score (nSPS) is 10.2. The Labute approximate surface area is 154 Å². The van der Waals surface area contributed by atoms with Crippen LogP contribution in [-0.4, -0.2) is 30.8 Å². The molecular weight excluding hydrogens is 365 g/mol. The molecule has 0 atom stereocenters. The fourth-order valence-electron chi connectivity index (χ4n) is 2.06. The molecular formula is C18H15Cl2NO4. The van der Waals surface area contributed by atoms with Crippen molar-refractivity contribution < 1.29 is 19.1 Å². The molecule has 1 amide bonds. The van der Waals surface area contributed by atoms with Gasteiger partial charge in [0.05, 0.1) is 5.02 Å². The second kappa shape index (κ2) is 8.65. The number of ether oxygens (including phenoxy) is 1. The third-order valence-corrected chi connectivity index (χ3v) is 3.94. The van der Waals surface area contributed by atoms with Crippen LogP contribution >= 0.6 is 23.2 Å². The molecule has 0 aliphatic rings. The number of carbonyl (C=O) groups is 3. The van der Waals surface area contributed by atoms with Crippen LogP contribution in [0.15, 0.2) is 42.5 Å². The fraction of sp³-hybridized carbons (Fsp3) is 0.167. The van der Waals surface area contributed by atoms with E-state index in [-0.39, 0.29) is 23.0 Å². The number of carbonyl (C=O) groups excluding carboxylic acids is 3. The Morgan fingerprint density at radius 2 is 1.76 bits per heavy atom. The number of hydrogen-bond acceptors (Lipinski definition) is 4. The van der Waals surface area contributed by atoms with Crippen molar-refractivity contribution in [1.82, 2.24) is 5.32 Å². The van der Waals surface area contributed by atoms with Crippen molar-refractivity contribution in [3.63, 3.8) is 0 Å². The molecule has 2 aromatic carbocycles. The maximum absolute atomic E-state index is 12.0. The summed E-state index contributed by atoms with van der Waals surface area (Å²) in [6.45, 7) is 0.962. The number of rotatable bonds is 6. The molecule has 1 N–H and O–H groups in total. The van der Waals surface area contributed by atoms with Crippen LogP contribution in [0, 0.1) is 6.92 Å². The van der Waals surface area contributed by atoms with Gasteiger partial charge < -0.3 is 10.1 Å². The predicted octanol–water partition coefficient (Wildman–Crippen LogP) is 3.46. The lowest BCUT2D eigenvalue weighted by Gasteiger charge is -2.08. The molecule has 0 radical (unpaired) electrons. The molecule has 0 saturated heterocycles. The van der Waals surface area contributed by atoms with Crippen LogP contribution in [0.3, 0.4) is 0 Å². The van der Waals surface area contributed by atoms with Gasteiger partial charge in [0, 0.05) is 16.1 Å². The minimum absolute atomic E-state index is 0.172. The molecule has 0 bridgehead atoms. The molecule has 0 aromatic heterocycles. The summed E-state index contributed by atoms with van der Waals surface area (Å²) < 4.78 is 4.86. The average molecular weight is 380 g/mol. The summed E-state index contributed by atoms with van der Waals surface area (Å²) in [4.78, 5) is 35.7. The van der Waals surface area contributed by atoms with Gasteiger partial charge in [-0.15, -0.1) is 0 Å². The third-order valence-electron chi connectivity index (χ3n) is 3.38. The highest BCUT2D eigenvalue weighted by Gasteiger charge is 2.15. The van der Waals surface area contributed by atoms with Crippen molar-refractivity contribution in [3.05, 3.63) is 69.2 Å². The zero-order chi connectivity index (χ0) is 18.4. The van der Waals surface area contributed by atoms with Gasteiger partial charge in [0.25, 0.3) is 5.91 Å². The van der Waals surface area contributed by atoms with E-state index in [4.69, 9.17) is 27.9 Å². The minimum Gasteiger partial charge on any atom is -0.456 e. The van der Waals surface area contributed by atoms with E-state index in [9.17, 15) is 14.4 Å². The van der Waals surface area contributed by atoms with Gasteiger partial charge in [-0.3, -0.25) is 14.4 Å². The first-order valence-corrected chi connectivity index (χ1v) is 8.12. The van der Waals surface area contributed by atoms with E-state index in [1.807, 2.05) is 6.07 Å². The van der Waals surface area contributed by atoms with Crippen LogP contribution in [0.25, 0.3) is 0 Å². The topological polar surface area (TPSA) is 72.5 Å². The largest absolute Gasteiger partial charge is 0.456 e. The number of benzene rings is 2. The summed E-state index contributed by atoms with van der Waals surface area (Å²) in [6.07, 6.45) is 0. The number of hydrogen-bond donors (Lipinski definition) is 1. The van der Waals surface area contributed by atoms with E-state index < -0.39 is 18.4 Å². The average Bonchev–Trinajstić information content (AvgIpc) is 2.60. The predicted molar refractivity (Wildman–Crippen MR) is 95.3 cm³/mol. The minimum atomic E-state index is -0.728.